The molecule has 0 aromatic carbocycles. The van der Waals surface area contributed by atoms with Crippen LogP contribution in [0.1, 0.15) is 12.8 Å². The van der Waals surface area contributed by atoms with E-state index in [1.54, 1.807) is 0 Å². The van der Waals surface area contributed by atoms with Gasteiger partial charge in [-0.15, -0.1) is 0 Å². The third-order valence-electron chi connectivity index (χ3n) is 0.956. The summed E-state index contributed by atoms with van der Waals surface area (Å²) in [5, 5.41) is 9.69. The third kappa shape index (κ3) is 1.61. The molecule has 37 valence electrons. The van der Waals surface area contributed by atoms with Crippen molar-refractivity contribution in [2.75, 3.05) is 6.61 Å². The van der Waals surface area contributed by atoms with Gasteiger partial charge in [0.2, 0.25) is 0 Å². The zero-order valence-electron chi connectivity index (χ0n) is 4.11. The van der Waals surface area contributed by atoms with Crippen LogP contribution in [0.3, 0.4) is 0 Å². The highest BCUT2D eigenvalue weighted by atomic mass is 16.2. The summed E-state index contributed by atoms with van der Waals surface area (Å²) in [5.41, 5.74) is 0. The Hall–Kier alpha value is -0.480. The lowest BCUT2D eigenvalue weighted by molar-refractivity contribution is 0.239. The molecule has 0 saturated heterocycles. The molecule has 0 unspecified atom stereocenters. The second kappa shape index (κ2) is 1.99. The molecule has 1 aliphatic carbocycles. The normalized spacial score (nSPS) is 17.9. The molecule has 1 aliphatic rings. The fourth-order valence-electron chi connectivity index (χ4n) is 0.414. The summed E-state index contributed by atoms with van der Waals surface area (Å²) in [5.74, 6) is 5.94. The summed E-state index contributed by atoms with van der Waals surface area (Å²) < 4.78 is 0. The quantitative estimate of drug-likeness (QED) is 0.397. The monoisotopic (exact) mass is 95.0 g/mol. The van der Waals surface area contributed by atoms with Gasteiger partial charge in [0.05, 0.1) is 0 Å². The van der Waals surface area contributed by atoms with E-state index >= 15 is 0 Å². The Balaban J connectivity index is 2.16. The molecule has 7 heavy (non-hydrogen) atoms. The van der Waals surface area contributed by atoms with Gasteiger partial charge in [-0.25, -0.2) is 5.11 Å². The Morgan fingerprint density at radius 2 is 2.29 bits per heavy atom. The standard InChI is InChI=1S/C6H7O/c7-5-1-2-6-3-4-6/h6H,3-5H2. The van der Waals surface area contributed by atoms with Crippen LogP contribution in [0.25, 0.3) is 0 Å². The van der Waals surface area contributed by atoms with Crippen molar-refractivity contribution in [2.45, 2.75) is 12.8 Å². The van der Waals surface area contributed by atoms with E-state index in [0.717, 1.165) is 0 Å². The summed E-state index contributed by atoms with van der Waals surface area (Å²) in [6, 6.07) is 0. The summed E-state index contributed by atoms with van der Waals surface area (Å²) >= 11 is 0. The minimum Gasteiger partial charge on any atom is -0.223 e. The molecular weight excluding hydrogens is 88.1 g/mol. The maximum absolute atomic E-state index is 9.69. The van der Waals surface area contributed by atoms with E-state index in [9.17, 15) is 5.11 Å². The van der Waals surface area contributed by atoms with Crippen molar-refractivity contribution in [3.63, 3.8) is 0 Å². The Labute approximate surface area is 43.4 Å². The van der Waals surface area contributed by atoms with Gasteiger partial charge >= 0.3 is 0 Å². The first kappa shape index (κ1) is 4.67. The van der Waals surface area contributed by atoms with Crippen molar-refractivity contribution in [1.82, 2.24) is 0 Å². The lowest BCUT2D eigenvalue weighted by Gasteiger charge is -1.66. The van der Waals surface area contributed by atoms with E-state index in [-0.39, 0.29) is 6.61 Å². The maximum atomic E-state index is 9.69. The molecule has 0 amide bonds. The van der Waals surface area contributed by atoms with Crippen molar-refractivity contribution in [3.05, 3.63) is 0 Å². The average Bonchev–Trinajstić information content (AvgIpc) is 2.42. The number of hydrogen-bond acceptors (Lipinski definition) is 0. The highest BCUT2D eigenvalue weighted by Gasteiger charge is 2.17. The predicted molar refractivity (Wildman–Crippen MR) is 26.1 cm³/mol. The fraction of sp³-hybridized carbons (Fsp3) is 0.667. The Morgan fingerprint density at radius 3 is 2.71 bits per heavy atom. The van der Waals surface area contributed by atoms with Gasteiger partial charge in [0.1, 0.15) is 6.61 Å². The van der Waals surface area contributed by atoms with E-state index in [1.165, 1.54) is 12.8 Å². The smallest absolute Gasteiger partial charge is 0.143 e. The topological polar surface area (TPSA) is 19.9 Å². The third-order valence-corrected chi connectivity index (χ3v) is 0.956. The van der Waals surface area contributed by atoms with Crippen molar-refractivity contribution in [1.29, 1.82) is 0 Å². The second-order valence-electron chi connectivity index (χ2n) is 1.74. The van der Waals surface area contributed by atoms with Crippen LogP contribution in [-0.2, 0) is 5.11 Å². The van der Waals surface area contributed by atoms with Crippen LogP contribution in [0.15, 0.2) is 0 Å². The highest BCUT2D eigenvalue weighted by Crippen LogP contribution is 2.27. The molecule has 0 atom stereocenters. The van der Waals surface area contributed by atoms with E-state index < -0.39 is 0 Å². The summed E-state index contributed by atoms with van der Waals surface area (Å²) in [4.78, 5) is 0. The van der Waals surface area contributed by atoms with Gasteiger partial charge in [-0.2, -0.15) is 0 Å². The summed E-state index contributed by atoms with van der Waals surface area (Å²) in [6.45, 7) is -0.226. The lowest BCUT2D eigenvalue weighted by atomic mass is 10.4. The van der Waals surface area contributed by atoms with Crippen LogP contribution in [-0.4, -0.2) is 6.61 Å². The van der Waals surface area contributed by atoms with Crippen molar-refractivity contribution < 1.29 is 5.11 Å². The minimum absolute atomic E-state index is 0.226. The number of rotatable bonds is 0. The number of hydrogen-bond donors (Lipinski definition) is 0. The van der Waals surface area contributed by atoms with Crippen molar-refractivity contribution in [2.24, 2.45) is 5.92 Å². The minimum atomic E-state index is -0.226. The predicted octanol–water partition coefficient (Wildman–Crippen LogP) is 0.830. The van der Waals surface area contributed by atoms with Gasteiger partial charge in [-0.05, 0) is 12.8 Å². The van der Waals surface area contributed by atoms with Crippen molar-refractivity contribution in [3.8, 4) is 11.8 Å². The second-order valence-corrected chi connectivity index (χ2v) is 1.74. The van der Waals surface area contributed by atoms with Crippen LogP contribution in [0.4, 0.5) is 0 Å². The molecule has 0 spiro atoms. The molecule has 0 aliphatic heterocycles. The van der Waals surface area contributed by atoms with Crippen LogP contribution < -0.4 is 0 Å². The molecule has 1 nitrogen and oxygen atoms in total. The molecule has 1 rings (SSSR count). The molecule has 0 aromatic rings. The zero-order valence-corrected chi connectivity index (χ0v) is 4.11. The molecule has 1 saturated carbocycles. The Kier molecular flexibility index (Phi) is 1.33. The SMILES string of the molecule is [O]CC#CC1CC1. The van der Waals surface area contributed by atoms with E-state index in [2.05, 4.69) is 11.8 Å². The highest BCUT2D eigenvalue weighted by molar-refractivity contribution is 5.08. The first-order chi connectivity index (χ1) is 3.43. The molecule has 1 radical (unpaired) electrons. The summed E-state index contributed by atoms with van der Waals surface area (Å²) in [7, 11) is 0. The van der Waals surface area contributed by atoms with Crippen LogP contribution in [0.2, 0.25) is 0 Å². The molecule has 0 aromatic heterocycles. The average molecular weight is 95.1 g/mol. The zero-order chi connectivity index (χ0) is 5.11. The first-order valence-electron chi connectivity index (χ1n) is 2.50. The van der Waals surface area contributed by atoms with Crippen LogP contribution in [0.5, 0.6) is 0 Å². The van der Waals surface area contributed by atoms with Gasteiger partial charge in [-0.3, -0.25) is 0 Å². The van der Waals surface area contributed by atoms with Gasteiger partial charge in [0.15, 0.2) is 0 Å². The van der Waals surface area contributed by atoms with Crippen LogP contribution >= 0.6 is 0 Å². The molecule has 1 heteroatoms. The molecule has 0 bridgehead atoms. The van der Waals surface area contributed by atoms with E-state index in [4.69, 9.17) is 0 Å². The molecule has 0 heterocycles. The first-order valence-corrected chi connectivity index (χ1v) is 2.50. The fourth-order valence-corrected chi connectivity index (χ4v) is 0.414. The molecule has 0 N–H and O–H groups in total. The Bertz CT molecular complexity index is 103. The van der Waals surface area contributed by atoms with Gasteiger partial charge in [0.25, 0.3) is 0 Å². The van der Waals surface area contributed by atoms with Crippen LogP contribution in [0, 0.1) is 17.8 Å². The van der Waals surface area contributed by atoms with Gasteiger partial charge in [-0.1, -0.05) is 11.8 Å². The Morgan fingerprint density at radius 1 is 1.57 bits per heavy atom. The lowest BCUT2D eigenvalue weighted by Crippen LogP contribution is -1.68. The van der Waals surface area contributed by atoms with E-state index in [1.807, 2.05) is 0 Å². The largest absolute Gasteiger partial charge is 0.223 e. The summed E-state index contributed by atoms with van der Waals surface area (Å²) in [6.07, 6.45) is 2.43. The molecular formula is C6H7O. The van der Waals surface area contributed by atoms with Gasteiger partial charge in [0, 0.05) is 5.92 Å². The van der Waals surface area contributed by atoms with Crippen molar-refractivity contribution >= 4 is 0 Å². The maximum Gasteiger partial charge on any atom is 0.143 e. The molecule has 1 fully saturated rings. The van der Waals surface area contributed by atoms with E-state index in [0.29, 0.717) is 5.92 Å². The van der Waals surface area contributed by atoms with Gasteiger partial charge < -0.3 is 0 Å².